The summed E-state index contributed by atoms with van der Waals surface area (Å²) in [4.78, 5) is 28.0. The van der Waals surface area contributed by atoms with Crippen LogP contribution >= 0.6 is 15.9 Å². The van der Waals surface area contributed by atoms with Crippen molar-refractivity contribution in [1.29, 1.82) is 0 Å². The number of nitrogens with one attached hydrogen (secondary N) is 1. The minimum atomic E-state index is -0.674. The molecular formula is C27H29BrN2O3. The molecule has 0 bridgehead atoms. The van der Waals surface area contributed by atoms with Gasteiger partial charge in [0.1, 0.15) is 11.8 Å². The van der Waals surface area contributed by atoms with Crippen molar-refractivity contribution in [3.63, 3.8) is 0 Å². The molecule has 3 aromatic rings. The number of hydrogen-bond donors (Lipinski definition) is 1. The fourth-order valence-corrected chi connectivity index (χ4v) is 4.24. The number of nitrogens with zero attached hydrogens (tertiary/aromatic N) is 1. The van der Waals surface area contributed by atoms with Gasteiger partial charge in [-0.2, -0.15) is 0 Å². The lowest BCUT2D eigenvalue weighted by Gasteiger charge is -2.31. The van der Waals surface area contributed by atoms with E-state index in [1.807, 2.05) is 80.6 Å². The first-order valence-corrected chi connectivity index (χ1v) is 11.7. The Morgan fingerprint density at radius 1 is 0.939 bits per heavy atom. The van der Waals surface area contributed by atoms with Gasteiger partial charge in [-0.15, -0.1) is 0 Å². The number of benzene rings is 3. The molecule has 0 aliphatic rings. The third-order valence-corrected chi connectivity index (χ3v) is 5.81. The summed E-state index contributed by atoms with van der Waals surface area (Å²) in [6, 6.07) is 22.6. The van der Waals surface area contributed by atoms with Crippen LogP contribution in [0.3, 0.4) is 0 Å². The summed E-state index contributed by atoms with van der Waals surface area (Å²) in [5, 5.41) is 2.72. The molecular weight excluding hydrogens is 480 g/mol. The van der Waals surface area contributed by atoms with Gasteiger partial charge in [-0.05, 0) is 60.4 Å². The Morgan fingerprint density at radius 3 is 2.24 bits per heavy atom. The third-order valence-electron chi connectivity index (χ3n) is 5.32. The van der Waals surface area contributed by atoms with Crippen LogP contribution in [0.4, 0.5) is 0 Å². The SMILES string of the molecule is CNC(=O)C(Cc1ccccc1)N(Cc1cccc(Br)c1)C(=O)COc1cc(C)cc(C)c1. The monoisotopic (exact) mass is 508 g/mol. The predicted octanol–water partition coefficient (Wildman–Crippen LogP) is 4.83. The van der Waals surface area contributed by atoms with Crippen LogP contribution in [0.15, 0.2) is 77.3 Å². The summed E-state index contributed by atoms with van der Waals surface area (Å²) in [7, 11) is 1.59. The van der Waals surface area contributed by atoms with Crippen LogP contribution in [0, 0.1) is 13.8 Å². The van der Waals surface area contributed by atoms with Gasteiger partial charge in [0.25, 0.3) is 5.91 Å². The molecule has 0 saturated carbocycles. The molecule has 0 radical (unpaired) electrons. The third kappa shape index (κ3) is 7.19. The van der Waals surface area contributed by atoms with Gasteiger partial charge in [0.2, 0.25) is 5.91 Å². The highest BCUT2D eigenvalue weighted by Crippen LogP contribution is 2.20. The number of amides is 2. The van der Waals surface area contributed by atoms with Crippen molar-refractivity contribution in [2.45, 2.75) is 32.9 Å². The van der Waals surface area contributed by atoms with Crippen LogP contribution in [0.2, 0.25) is 0 Å². The van der Waals surface area contributed by atoms with E-state index in [2.05, 4.69) is 27.3 Å². The zero-order valence-corrected chi connectivity index (χ0v) is 20.8. The van der Waals surface area contributed by atoms with E-state index >= 15 is 0 Å². The van der Waals surface area contributed by atoms with E-state index in [0.29, 0.717) is 18.7 Å². The molecule has 3 rings (SSSR count). The number of halogens is 1. The molecule has 3 aromatic carbocycles. The van der Waals surface area contributed by atoms with E-state index in [0.717, 1.165) is 26.7 Å². The van der Waals surface area contributed by atoms with Crippen molar-refractivity contribution in [3.05, 3.63) is 99.5 Å². The molecule has 0 fully saturated rings. The molecule has 33 heavy (non-hydrogen) atoms. The smallest absolute Gasteiger partial charge is 0.261 e. The molecule has 0 heterocycles. The average Bonchev–Trinajstić information content (AvgIpc) is 2.79. The highest BCUT2D eigenvalue weighted by atomic mass is 79.9. The molecule has 2 amide bonds. The molecule has 0 aliphatic carbocycles. The number of rotatable bonds is 9. The number of ether oxygens (including phenoxy) is 1. The standard InChI is InChI=1S/C27H29BrN2O3/c1-19-12-20(2)14-24(13-19)33-18-26(31)30(17-22-10-7-11-23(28)15-22)25(27(32)29-3)16-21-8-5-4-6-9-21/h4-15,25H,16-18H2,1-3H3,(H,29,32). The first-order valence-electron chi connectivity index (χ1n) is 10.9. The maximum absolute atomic E-state index is 13.4. The Bertz CT molecular complexity index is 1080. The van der Waals surface area contributed by atoms with Crippen LogP contribution < -0.4 is 10.1 Å². The van der Waals surface area contributed by atoms with Crippen LogP contribution in [-0.4, -0.2) is 36.4 Å². The van der Waals surface area contributed by atoms with Gasteiger partial charge in [-0.3, -0.25) is 9.59 Å². The normalized spacial score (nSPS) is 11.5. The van der Waals surface area contributed by atoms with Gasteiger partial charge in [-0.25, -0.2) is 0 Å². The molecule has 6 heteroatoms. The lowest BCUT2D eigenvalue weighted by atomic mass is 10.0. The van der Waals surface area contributed by atoms with Gasteiger partial charge >= 0.3 is 0 Å². The second kappa shape index (κ2) is 11.7. The van der Waals surface area contributed by atoms with Crippen molar-refractivity contribution in [2.24, 2.45) is 0 Å². The van der Waals surface area contributed by atoms with Crippen molar-refractivity contribution >= 4 is 27.7 Å². The Hall–Kier alpha value is -3.12. The number of likely N-dealkylation sites (N-methyl/N-ethyl adjacent to an activating group) is 1. The number of hydrogen-bond acceptors (Lipinski definition) is 3. The van der Waals surface area contributed by atoms with Gasteiger partial charge in [-0.1, -0.05) is 64.5 Å². The number of carbonyl (C=O) groups is 2. The lowest BCUT2D eigenvalue weighted by molar-refractivity contribution is -0.142. The quantitative estimate of drug-likeness (QED) is 0.450. The summed E-state index contributed by atoms with van der Waals surface area (Å²) in [5.74, 6) is 0.176. The molecule has 5 nitrogen and oxygen atoms in total. The maximum Gasteiger partial charge on any atom is 0.261 e. The highest BCUT2D eigenvalue weighted by Gasteiger charge is 2.30. The first kappa shape index (κ1) is 24.5. The molecule has 1 N–H and O–H groups in total. The Morgan fingerprint density at radius 2 is 1.61 bits per heavy atom. The summed E-state index contributed by atoms with van der Waals surface area (Å²) < 4.78 is 6.77. The number of carbonyl (C=O) groups excluding carboxylic acids is 2. The van der Waals surface area contributed by atoms with Crippen molar-refractivity contribution < 1.29 is 14.3 Å². The molecule has 1 unspecified atom stereocenters. The summed E-state index contributed by atoms with van der Waals surface area (Å²) >= 11 is 3.49. The van der Waals surface area contributed by atoms with Gasteiger partial charge in [0.15, 0.2) is 6.61 Å². The second-order valence-electron chi connectivity index (χ2n) is 8.08. The van der Waals surface area contributed by atoms with Gasteiger partial charge in [0, 0.05) is 24.5 Å². The minimum Gasteiger partial charge on any atom is -0.484 e. The molecule has 0 saturated heterocycles. The highest BCUT2D eigenvalue weighted by molar-refractivity contribution is 9.10. The zero-order chi connectivity index (χ0) is 23.8. The second-order valence-corrected chi connectivity index (χ2v) is 9.00. The molecule has 172 valence electrons. The van der Waals surface area contributed by atoms with Gasteiger partial charge < -0.3 is 15.0 Å². The molecule has 0 aromatic heterocycles. The molecule has 0 spiro atoms. The van der Waals surface area contributed by atoms with Crippen molar-refractivity contribution in [3.8, 4) is 5.75 Å². The maximum atomic E-state index is 13.4. The fourth-order valence-electron chi connectivity index (χ4n) is 3.80. The lowest BCUT2D eigenvalue weighted by Crippen LogP contribution is -2.51. The average molecular weight is 509 g/mol. The van der Waals surface area contributed by atoms with E-state index in [9.17, 15) is 9.59 Å². The van der Waals surface area contributed by atoms with E-state index in [1.54, 1.807) is 11.9 Å². The zero-order valence-electron chi connectivity index (χ0n) is 19.2. The fraction of sp³-hybridized carbons (Fsp3) is 0.259. The van der Waals surface area contributed by atoms with Crippen LogP contribution in [0.5, 0.6) is 5.75 Å². The largest absolute Gasteiger partial charge is 0.484 e. The predicted molar refractivity (Wildman–Crippen MR) is 134 cm³/mol. The van der Waals surface area contributed by atoms with Crippen molar-refractivity contribution in [2.75, 3.05) is 13.7 Å². The van der Waals surface area contributed by atoms with E-state index in [1.165, 1.54) is 0 Å². The Kier molecular flexibility index (Phi) is 8.66. The van der Waals surface area contributed by atoms with Crippen LogP contribution in [0.1, 0.15) is 22.3 Å². The van der Waals surface area contributed by atoms with Crippen LogP contribution in [-0.2, 0) is 22.6 Å². The summed E-state index contributed by atoms with van der Waals surface area (Å²) in [5.41, 5.74) is 4.03. The van der Waals surface area contributed by atoms with E-state index in [4.69, 9.17) is 4.74 Å². The Balaban J connectivity index is 1.88. The molecule has 0 aliphatic heterocycles. The Labute approximate surface area is 203 Å². The van der Waals surface area contributed by atoms with Gasteiger partial charge in [0.05, 0.1) is 0 Å². The summed E-state index contributed by atoms with van der Waals surface area (Å²) in [6.07, 6.45) is 0.407. The van der Waals surface area contributed by atoms with Crippen LogP contribution in [0.25, 0.3) is 0 Å². The topological polar surface area (TPSA) is 58.6 Å². The van der Waals surface area contributed by atoms with E-state index in [-0.39, 0.29) is 18.4 Å². The molecule has 1 atom stereocenters. The number of aryl methyl sites for hydroxylation is 2. The minimum absolute atomic E-state index is 0.154. The van der Waals surface area contributed by atoms with E-state index < -0.39 is 6.04 Å². The first-order chi connectivity index (χ1) is 15.9. The summed E-state index contributed by atoms with van der Waals surface area (Å²) in [6.45, 7) is 4.12. The van der Waals surface area contributed by atoms with Crippen molar-refractivity contribution in [1.82, 2.24) is 10.2 Å².